The molecule has 1 atom stereocenters. The highest BCUT2D eigenvalue weighted by Crippen LogP contribution is 2.38. The molecule has 3 aromatic rings. The molecule has 0 saturated carbocycles. The number of anilines is 1. The smallest absolute Gasteiger partial charge is 0.279 e. The molecule has 1 aliphatic rings. The molecule has 3 aromatic carbocycles. The van der Waals surface area contributed by atoms with Crippen molar-refractivity contribution in [1.29, 1.82) is 0 Å². The Labute approximate surface area is 194 Å². The van der Waals surface area contributed by atoms with Crippen LogP contribution in [0.5, 0.6) is 0 Å². The second kappa shape index (κ2) is 8.64. The Hall–Kier alpha value is -3.17. The van der Waals surface area contributed by atoms with E-state index in [1.54, 1.807) is 48.5 Å². The molecule has 4 rings (SSSR count). The van der Waals surface area contributed by atoms with E-state index in [4.69, 9.17) is 0 Å². The number of nitrogens with one attached hydrogen (secondary N) is 1. The average molecular weight is 484 g/mol. The van der Waals surface area contributed by atoms with Crippen molar-refractivity contribution in [3.05, 3.63) is 95.1 Å². The first kappa shape index (κ1) is 23.0. The molecular formula is C24H25N3O4S2. The van der Waals surface area contributed by atoms with Gasteiger partial charge in [0.2, 0.25) is 10.0 Å². The van der Waals surface area contributed by atoms with Gasteiger partial charge < -0.3 is 0 Å². The highest BCUT2D eigenvalue weighted by molar-refractivity contribution is 7.92. The Morgan fingerprint density at radius 1 is 0.879 bits per heavy atom. The molecule has 0 spiro atoms. The summed E-state index contributed by atoms with van der Waals surface area (Å²) in [7, 11) is -7.28. The van der Waals surface area contributed by atoms with Gasteiger partial charge in [-0.3, -0.25) is 4.72 Å². The van der Waals surface area contributed by atoms with E-state index in [-0.39, 0.29) is 4.90 Å². The van der Waals surface area contributed by atoms with E-state index in [1.807, 2.05) is 38.1 Å². The quantitative estimate of drug-likeness (QED) is 0.568. The van der Waals surface area contributed by atoms with Crippen molar-refractivity contribution < 1.29 is 16.8 Å². The zero-order valence-electron chi connectivity index (χ0n) is 18.6. The number of sulfonamides is 2. The molecule has 9 heteroatoms. The first-order valence-corrected chi connectivity index (χ1v) is 13.7. The number of nitrogens with zero attached hydrogens (tertiary/aromatic N) is 2. The maximum absolute atomic E-state index is 13.6. The largest absolute Gasteiger partial charge is 0.284 e. The molecule has 0 saturated heterocycles. The van der Waals surface area contributed by atoms with E-state index in [2.05, 4.69) is 9.82 Å². The number of aryl methyl sites for hydroxylation is 2. The lowest BCUT2D eigenvalue weighted by atomic mass is 9.96. The predicted molar refractivity (Wildman–Crippen MR) is 130 cm³/mol. The van der Waals surface area contributed by atoms with Crippen LogP contribution in [0.3, 0.4) is 0 Å². The van der Waals surface area contributed by atoms with Gasteiger partial charge in [0.15, 0.2) is 0 Å². The van der Waals surface area contributed by atoms with Crippen molar-refractivity contribution in [2.45, 2.75) is 31.2 Å². The molecule has 1 unspecified atom stereocenters. The number of hydrazone groups is 1. The molecule has 1 aliphatic heterocycles. The normalized spacial score (nSPS) is 16.5. The summed E-state index contributed by atoms with van der Waals surface area (Å²) in [5, 5.41) is 4.56. The summed E-state index contributed by atoms with van der Waals surface area (Å²) in [5.74, 6) is 0. The van der Waals surface area contributed by atoms with Crippen LogP contribution in [0.2, 0.25) is 0 Å². The third-order valence-corrected chi connectivity index (χ3v) is 7.81. The van der Waals surface area contributed by atoms with Gasteiger partial charge >= 0.3 is 0 Å². The van der Waals surface area contributed by atoms with Gasteiger partial charge in [-0.1, -0.05) is 54.1 Å². The van der Waals surface area contributed by atoms with E-state index in [9.17, 15) is 16.8 Å². The highest BCUT2D eigenvalue weighted by atomic mass is 32.2. The monoisotopic (exact) mass is 483 g/mol. The minimum absolute atomic E-state index is 0.185. The van der Waals surface area contributed by atoms with E-state index in [0.717, 1.165) is 28.5 Å². The first-order valence-electron chi connectivity index (χ1n) is 10.4. The van der Waals surface area contributed by atoms with Crippen LogP contribution < -0.4 is 4.72 Å². The minimum atomic E-state index is -3.89. The molecule has 1 N–H and O–H groups in total. The molecule has 0 amide bonds. The molecule has 1 heterocycles. The number of benzene rings is 3. The molecular weight excluding hydrogens is 458 g/mol. The third-order valence-electron chi connectivity index (χ3n) is 5.51. The van der Waals surface area contributed by atoms with Gasteiger partial charge in [-0.15, -0.1) is 0 Å². The number of hydrogen-bond donors (Lipinski definition) is 1. The van der Waals surface area contributed by atoms with Gasteiger partial charge in [0.05, 0.1) is 22.9 Å². The van der Waals surface area contributed by atoms with Gasteiger partial charge in [0, 0.05) is 12.1 Å². The zero-order valence-corrected chi connectivity index (χ0v) is 20.2. The van der Waals surface area contributed by atoms with E-state index < -0.39 is 26.1 Å². The van der Waals surface area contributed by atoms with Crippen molar-refractivity contribution in [3.8, 4) is 0 Å². The lowest BCUT2D eigenvalue weighted by molar-refractivity contribution is 0.370. The van der Waals surface area contributed by atoms with Gasteiger partial charge in [-0.2, -0.15) is 17.9 Å². The maximum atomic E-state index is 13.6. The highest BCUT2D eigenvalue weighted by Gasteiger charge is 2.38. The summed E-state index contributed by atoms with van der Waals surface area (Å²) in [6.45, 7) is 3.86. The van der Waals surface area contributed by atoms with Crippen LogP contribution in [0.15, 0.2) is 82.8 Å². The topological polar surface area (TPSA) is 95.9 Å². The molecule has 0 aromatic heterocycles. The van der Waals surface area contributed by atoms with Gasteiger partial charge in [0.1, 0.15) is 0 Å². The van der Waals surface area contributed by atoms with Crippen LogP contribution in [0.25, 0.3) is 0 Å². The molecule has 0 bridgehead atoms. The van der Waals surface area contributed by atoms with Crippen molar-refractivity contribution in [2.24, 2.45) is 5.10 Å². The van der Waals surface area contributed by atoms with Crippen LogP contribution >= 0.6 is 0 Å². The second-order valence-electron chi connectivity index (χ2n) is 8.17. The standard InChI is InChI=1S/C24H25N3O4S2/c1-17-8-14-21(15-9-17)33(30,31)27-24(22-7-5-4-6-18(22)2)16-23(25-27)19-10-12-20(13-11-19)26-32(3,28)29/h4-15,24,26H,16H2,1-3H3. The SMILES string of the molecule is Cc1ccc(S(=O)(=O)N2N=C(c3ccc(NS(C)(=O)=O)cc3)CC2c2ccccc2C)cc1. The zero-order chi connectivity index (χ0) is 23.8. The lowest BCUT2D eigenvalue weighted by Crippen LogP contribution is -2.27. The predicted octanol–water partition coefficient (Wildman–Crippen LogP) is 4.21. The summed E-state index contributed by atoms with van der Waals surface area (Å²) < 4.78 is 53.7. The molecule has 172 valence electrons. The van der Waals surface area contributed by atoms with E-state index >= 15 is 0 Å². The maximum Gasteiger partial charge on any atom is 0.279 e. The number of hydrogen-bond acceptors (Lipinski definition) is 5. The lowest BCUT2D eigenvalue weighted by Gasteiger charge is -2.24. The summed E-state index contributed by atoms with van der Waals surface area (Å²) >= 11 is 0. The van der Waals surface area contributed by atoms with Crippen LogP contribution in [0.4, 0.5) is 5.69 Å². The first-order chi connectivity index (χ1) is 15.5. The fraction of sp³-hybridized carbons (Fsp3) is 0.208. The fourth-order valence-corrected chi connectivity index (χ4v) is 5.83. The summed E-state index contributed by atoms with van der Waals surface area (Å²) in [4.78, 5) is 0.185. The Kier molecular flexibility index (Phi) is 6.02. The molecule has 7 nitrogen and oxygen atoms in total. The van der Waals surface area contributed by atoms with Gasteiger partial charge in [-0.05, 0) is 54.8 Å². The third kappa shape index (κ3) is 4.94. The average Bonchev–Trinajstić information content (AvgIpc) is 3.20. The van der Waals surface area contributed by atoms with E-state index in [0.29, 0.717) is 17.8 Å². The summed E-state index contributed by atoms with van der Waals surface area (Å²) in [5.41, 5.74) is 4.62. The Morgan fingerprint density at radius 3 is 2.12 bits per heavy atom. The second-order valence-corrected chi connectivity index (χ2v) is 11.7. The van der Waals surface area contributed by atoms with Crippen LogP contribution in [-0.2, 0) is 20.0 Å². The van der Waals surface area contributed by atoms with Crippen LogP contribution in [0, 0.1) is 13.8 Å². The summed E-state index contributed by atoms with van der Waals surface area (Å²) in [6, 6.07) is 20.7. The molecule has 0 radical (unpaired) electrons. The van der Waals surface area contributed by atoms with Crippen molar-refractivity contribution in [2.75, 3.05) is 11.0 Å². The van der Waals surface area contributed by atoms with E-state index in [1.165, 1.54) is 4.41 Å². The van der Waals surface area contributed by atoms with Gasteiger partial charge in [0.25, 0.3) is 10.0 Å². The summed E-state index contributed by atoms with van der Waals surface area (Å²) in [6.07, 6.45) is 1.48. The molecule has 33 heavy (non-hydrogen) atoms. The van der Waals surface area contributed by atoms with Crippen LogP contribution in [-0.4, -0.2) is 33.2 Å². The minimum Gasteiger partial charge on any atom is -0.284 e. The van der Waals surface area contributed by atoms with Crippen molar-refractivity contribution >= 4 is 31.4 Å². The number of rotatable bonds is 6. The van der Waals surface area contributed by atoms with Crippen LogP contribution in [0.1, 0.15) is 34.7 Å². The Bertz CT molecular complexity index is 1410. The van der Waals surface area contributed by atoms with Crippen molar-refractivity contribution in [1.82, 2.24) is 4.41 Å². The Balaban J connectivity index is 1.75. The Morgan fingerprint density at radius 2 is 1.52 bits per heavy atom. The fourth-order valence-electron chi connectivity index (χ4n) is 3.84. The van der Waals surface area contributed by atoms with Crippen molar-refractivity contribution in [3.63, 3.8) is 0 Å². The molecule has 0 aliphatic carbocycles. The van der Waals surface area contributed by atoms with Gasteiger partial charge in [-0.25, -0.2) is 8.42 Å². The molecule has 0 fully saturated rings.